The van der Waals surface area contributed by atoms with Crippen molar-refractivity contribution in [3.8, 4) is 0 Å². The molecule has 182 valence electrons. The summed E-state index contributed by atoms with van der Waals surface area (Å²) < 4.78 is 5.82. The molecule has 1 unspecified atom stereocenters. The first kappa shape index (κ1) is 23.4. The lowest BCUT2D eigenvalue weighted by atomic mass is 9.94. The number of benzene rings is 3. The molecule has 1 aliphatic rings. The molecule has 6 heteroatoms. The Morgan fingerprint density at radius 2 is 1.69 bits per heavy atom. The average molecular weight is 481 g/mol. The largest absolute Gasteiger partial charge is 0.503 e. The quantitative estimate of drug-likeness (QED) is 0.311. The summed E-state index contributed by atoms with van der Waals surface area (Å²) in [5.74, 6) is -1.59. The predicted molar refractivity (Wildman–Crippen MR) is 142 cm³/mol. The van der Waals surface area contributed by atoms with E-state index < -0.39 is 23.5 Å². The second-order valence-corrected chi connectivity index (χ2v) is 8.92. The molecule has 1 atom stereocenters. The van der Waals surface area contributed by atoms with Gasteiger partial charge in [-0.2, -0.15) is 0 Å². The zero-order chi connectivity index (χ0) is 25.4. The van der Waals surface area contributed by atoms with Crippen LogP contribution in [0.1, 0.15) is 41.6 Å². The number of carbonyl (C=O) groups is 2. The third kappa shape index (κ3) is 3.94. The zero-order valence-corrected chi connectivity index (χ0v) is 20.6. The molecule has 0 bridgehead atoms. The van der Waals surface area contributed by atoms with Gasteiger partial charge in [-0.25, -0.2) is 0 Å². The lowest BCUT2D eigenvalue weighted by Gasteiger charge is -2.28. The fraction of sp³-hybridized carbons (Fsp3) is 0.200. The van der Waals surface area contributed by atoms with E-state index in [0.29, 0.717) is 11.3 Å². The van der Waals surface area contributed by atoms with E-state index in [1.165, 1.54) is 4.90 Å². The number of aliphatic hydroxyl groups is 1. The van der Waals surface area contributed by atoms with E-state index in [4.69, 9.17) is 4.42 Å². The SMILES string of the molecule is CCN(CC)c1ccc(C2C(C(=O)c3cc4ccccc4o3)=C(O)C(=O)N2c2cccc(C)c2)cc1. The van der Waals surface area contributed by atoms with Gasteiger partial charge >= 0.3 is 0 Å². The lowest BCUT2D eigenvalue weighted by Crippen LogP contribution is -2.31. The van der Waals surface area contributed by atoms with Crippen molar-refractivity contribution in [1.82, 2.24) is 0 Å². The Kier molecular flexibility index (Phi) is 6.10. The van der Waals surface area contributed by atoms with Crippen LogP contribution in [0, 0.1) is 6.92 Å². The highest BCUT2D eigenvalue weighted by molar-refractivity contribution is 6.20. The third-order valence-electron chi connectivity index (χ3n) is 6.72. The van der Waals surface area contributed by atoms with Crippen molar-refractivity contribution < 1.29 is 19.1 Å². The van der Waals surface area contributed by atoms with Gasteiger partial charge in [-0.15, -0.1) is 0 Å². The number of anilines is 2. The van der Waals surface area contributed by atoms with Crippen molar-refractivity contribution in [2.45, 2.75) is 26.8 Å². The van der Waals surface area contributed by atoms with Crippen LogP contribution in [0.3, 0.4) is 0 Å². The van der Waals surface area contributed by atoms with E-state index in [9.17, 15) is 14.7 Å². The van der Waals surface area contributed by atoms with Gasteiger partial charge in [0.2, 0.25) is 5.78 Å². The molecule has 4 aromatic rings. The first-order valence-electron chi connectivity index (χ1n) is 12.1. The first-order valence-corrected chi connectivity index (χ1v) is 12.1. The maximum atomic E-state index is 13.8. The van der Waals surface area contributed by atoms with E-state index in [1.807, 2.05) is 73.7 Å². The molecule has 0 aliphatic carbocycles. The molecule has 0 fully saturated rings. The van der Waals surface area contributed by atoms with E-state index in [1.54, 1.807) is 12.1 Å². The summed E-state index contributed by atoms with van der Waals surface area (Å²) in [5, 5.41) is 11.8. The molecule has 5 rings (SSSR count). The van der Waals surface area contributed by atoms with Gasteiger partial charge in [0.25, 0.3) is 5.91 Å². The molecule has 1 aliphatic heterocycles. The maximum Gasteiger partial charge on any atom is 0.294 e. The number of ketones is 1. The molecule has 0 radical (unpaired) electrons. The lowest BCUT2D eigenvalue weighted by molar-refractivity contribution is -0.117. The van der Waals surface area contributed by atoms with Gasteiger partial charge in [-0.3, -0.25) is 14.5 Å². The zero-order valence-electron chi connectivity index (χ0n) is 20.6. The number of para-hydroxylation sites is 1. The van der Waals surface area contributed by atoms with Crippen molar-refractivity contribution in [1.29, 1.82) is 0 Å². The smallest absolute Gasteiger partial charge is 0.294 e. The second kappa shape index (κ2) is 9.38. The summed E-state index contributed by atoms with van der Waals surface area (Å²) in [7, 11) is 0. The van der Waals surface area contributed by atoms with Crippen LogP contribution in [-0.2, 0) is 4.79 Å². The molecule has 0 saturated carbocycles. The van der Waals surface area contributed by atoms with Crippen LogP contribution in [-0.4, -0.2) is 29.9 Å². The molecular weight excluding hydrogens is 452 g/mol. The minimum Gasteiger partial charge on any atom is -0.503 e. The van der Waals surface area contributed by atoms with Crippen molar-refractivity contribution in [2.75, 3.05) is 22.9 Å². The van der Waals surface area contributed by atoms with Crippen molar-refractivity contribution in [3.63, 3.8) is 0 Å². The predicted octanol–water partition coefficient (Wildman–Crippen LogP) is 6.37. The van der Waals surface area contributed by atoms with Gasteiger partial charge in [0.15, 0.2) is 11.5 Å². The Labute approximate surface area is 210 Å². The van der Waals surface area contributed by atoms with E-state index >= 15 is 0 Å². The number of carbonyl (C=O) groups excluding carboxylic acids is 2. The van der Waals surface area contributed by atoms with Crippen molar-refractivity contribution in [3.05, 3.63) is 107 Å². The van der Waals surface area contributed by atoms with Crippen LogP contribution in [0.4, 0.5) is 11.4 Å². The number of fused-ring (bicyclic) bond motifs is 1. The summed E-state index contributed by atoms with van der Waals surface area (Å²) in [6.07, 6.45) is 0. The number of hydrogen-bond donors (Lipinski definition) is 1. The molecule has 1 aromatic heterocycles. The maximum absolute atomic E-state index is 13.8. The Morgan fingerprint density at radius 3 is 2.36 bits per heavy atom. The topological polar surface area (TPSA) is 74.0 Å². The van der Waals surface area contributed by atoms with E-state index in [-0.39, 0.29) is 11.3 Å². The summed E-state index contributed by atoms with van der Waals surface area (Å²) >= 11 is 0. The standard InChI is InChI=1S/C30H28N2O4/c1-4-31(5-2)22-15-13-20(14-16-22)27-26(28(33)25-18-21-10-6-7-12-24(21)36-25)29(34)30(35)32(27)23-11-8-9-19(3)17-23/h6-18,27,34H,4-5H2,1-3H3. The van der Waals surface area contributed by atoms with Gasteiger partial charge in [-0.05, 0) is 68.3 Å². The molecule has 36 heavy (non-hydrogen) atoms. The molecule has 0 saturated heterocycles. The molecular formula is C30H28N2O4. The molecule has 1 N–H and O–H groups in total. The fourth-order valence-corrected chi connectivity index (χ4v) is 4.88. The monoisotopic (exact) mass is 480 g/mol. The summed E-state index contributed by atoms with van der Waals surface area (Å²) in [6, 6.07) is 23.5. The van der Waals surface area contributed by atoms with Crippen LogP contribution in [0.25, 0.3) is 11.0 Å². The van der Waals surface area contributed by atoms with E-state index in [2.05, 4.69) is 18.7 Å². The number of furan rings is 1. The number of rotatable bonds is 7. The van der Waals surface area contributed by atoms with E-state index in [0.717, 1.165) is 35.3 Å². The summed E-state index contributed by atoms with van der Waals surface area (Å²) in [4.78, 5) is 30.9. The molecule has 3 aromatic carbocycles. The molecule has 6 nitrogen and oxygen atoms in total. The average Bonchev–Trinajstić information content (AvgIpc) is 3.44. The van der Waals surface area contributed by atoms with Crippen molar-refractivity contribution in [2.24, 2.45) is 0 Å². The van der Waals surface area contributed by atoms with Gasteiger partial charge in [0, 0.05) is 29.9 Å². The number of aryl methyl sites for hydroxylation is 1. The number of nitrogens with zero attached hydrogens (tertiary/aromatic N) is 2. The highest BCUT2D eigenvalue weighted by Crippen LogP contribution is 2.42. The van der Waals surface area contributed by atoms with Gasteiger partial charge in [0.05, 0.1) is 11.6 Å². The fourth-order valence-electron chi connectivity index (χ4n) is 4.88. The van der Waals surface area contributed by atoms with Crippen LogP contribution in [0.15, 0.2) is 94.6 Å². The Morgan fingerprint density at radius 1 is 0.972 bits per heavy atom. The van der Waals surface area contributed by atoms with Crippen LogP contribution in [0.2, 0.25) is 0 Å². The summed E-state index contributed by atoms with van der Waals surface area (Å²) in [5.41, 5.74) is 3.93. The number of aliphatic hydroxyl groups excluding tert-OH is 1. The van der Waals surface area contributed by atoms with Crippen LogP contribution in [0.5, 0.6) is 0 Å². The van der Waals surface area contributed by atoms with Crippen LogP contribution < -0.4 is 9.80 Å². The molecule has 0 spiro atoms. The third-order valence-corrected chi connectivity index (χ3v) is 6.72. The van der Waals surface area contributed by atoms with Gasteiger partial charge in [-0.1, -0.05) is 42.5 Å². The second-order valence-electron chi connectivity index (χ2n) is 8.92. The Balaban J connectivity index is 1.63. The minimum atomic E-state index is -0.800. The van der Waals surface area contributed by atoms with Crippen LogP contribution >= 0.6 is 0 Å². The number of Topliss-reactive ketones (excluding diaryl/α,β-unsaturated/α-hetero) is 1. The Bertz CT molecular complexity index is 1450. The van der Waals surface area contributed by atoms with Gasteiger partial charge in [0.1, 0.15) is 5.58 Å². The number of hydrogen-bond acceptors (Lipinski definition) is 5. The van der Waals surface area contributed by atoms with Crippen molar-refractivity contribution >= 4 is 34.0 Å². The summed E-state index contributed by atoms with van der Waals surface area (Å²) in [6.45, 7) is 7.85. The minimum absolute atomic E-state index is 0.0103. The van der Waals surface area contributed by atoms with Gasteiger partial charge < -0.3 is 14.4 Å². The molecule has 1 amide bonds. The Hall–Kier alpha value is -4.32. The first-order chi connectivity index (χ1) is 17.4. The highest BCUT2D eigenvalue weighted by atomic mass is 16.3. The highest BCUT2D eigenvalue weighted by Gasteiger charge is 2.45. The number of amides is 1. The molecule has 2 heterocycles. The normalized spacial score (nSPS) is 15.7.